The molecular formula is C13H19N5O3. The van der Waals surface area contributed by atoms with E-state index in [1.807, 2.05) is 0 Å². The molecule has 0 aliphatic carbocycles. The molecule has 2 aromatic rings. The quantitative estimate of drug-likeness (QED) is 0.646. The number of nitrogens with zero attached hydrogens (tertiary/aromatic N) is 4. The van der Waals surface area contributed by atoms with E-state index >= 15 is 0 Å². The van der Waals surface area contributed by atoms with Crippen LogP contribution in [0.25, 0.3) is 11.2 Å². The van der Waals surface area contributed by atoms with Crippen LogP contribution >= 0.6 is 0 Å². The van der Waals surface area contributed by atoms with Gasteiger partial charge in [0.25, 0.3) is 0 Å². The van der Waals surface area contributed by atoms with E-state index in [1.165, 1.54) is 0 Å². The zero-order valence-electron chi connectivity index (χ0n) is 12.4. The fourth-order valence-electron chi connectivity index (χ4n) is 1.54. The van der Waals surface area contributed by atoms with E-state index in [0.29, 0.717) is 17.8 Å². The molecule has 0 amide bonds. The highest BCUT2D eigenvalue weighted by molar-refractivity contribution is 5.75. The number of rotatable bonds is 5. The number of aromatic nitrogens is 4. The monoisotopic (exact) mass is 293 g/mol. The van der Waals surface area contributed by atoms with E-state index in [1.54, 1.807) is 37.9 Å². The third kappa shape index (κ3) is 3.88. The summed E-state index contributed by atoms with van der Waals surface area (Å²) in [5.74, 6) is -0.0666. The molecule has 0 aromatic carbocycles. The molecule has 0 radical (unpaired) electrons. The topological polar surface area (TPSA) is 105 Å². The van der Waals surface area contributed by atoms with Gasteiger partial charge < -0.3 is 15.2 Å². The van der Waals surface area contributed by atoms with E-state index in [9.17, 15) is 4.79 Å². The van der Waals surface area contributed by atoms with Gasteiger partial charge in [0.1, 0.15) is 18.9 Å². The number of nitrogens with two attached hydrogens (primary N) is 1. The van der Waals surface area contributed by atoms with Crippen molar-refractivity contribution in [3.05, 3.63) is 12.5 Å². The normalized spacial score (nSPS) is 11.8. The summed E-state index contributed by atoms with van der Waals surface area (Å²) >= 11 is 0. The van der Waals surface area contributed by atoms with Crippen molar-refractivity contribution in [1.82, 2.24) is 19.5 Å². The van der Waals surface area contributed by atoms with Gasteiger partial charge in [-0.05, 0) is 20.8 Å². The van der Waals surface area contributed by atoms with Gasteiger partial charge >= 0.3 is 5.97 Å². The maximum absolute atomic E-state index is 11.5. The third-order valence-electron chi connectivity index (χ3n) is 2.68. The van der Waals surface area contributed by atoms with Crippen molar-refractivity contribution in [2.24, 2.45) is 5.41 Å². The highest BCUT2D eigenvalue weighted by Crippen LogP contribution is 2.14. The van der Waals surface area contributed by atoms with Crippen molar-refractivity contribution in [3.63, 3.8) is 0 Å². The maximum atomic E-state index is 11.5. The fraction of sp³-hybridized carbons (Fsp3) is 0.538. The Balaban J connectivity index is 1.81. The van der Waals surface area contributed by atoms with Crippen molar-refractivity contribution in [1.29, 1.82) is 0 Å². The van der Waals surface area contributed by atoms with Gasteiger partial charge in [0.2, 0.25) is 5.95 Å². The minimum absolute atomic E-state index is 0.184. The molecule has 0 atom stereocenters. The molecule has 0 bridgehead atoms. The standard InChI is InChI=1S/C13H19N5O3/c1-13(2,3)11(19)21-5-4-20-8-18-7-16-9-6-15-12(14)17-10(9)18/h6-7H,4-5,8H2,1-3H3,(H2,14,15,17). The van der Waals surface area contributed by atoms with Crippen LogP contribution in [0, 0.1) is 5.41 Å². The molecule has 0 spiro atoms. The van der Waals surface area contributed by atoms with Crippen LogP contribution in [-0.4, -0.2) is 38.7 Å². The SMILES string of the molecule is CC(C)(C)C(=O)OCCOCn1cnc2cnc(N)nc21. The minimum Gasteiger partial charge on any atom is -0.463 e. The number of imidazole rings is 1. The minimum atomic E-state index is -0.505. The molecule has 2 aromatic heterocycles. The second-order valence-electron chi connectivity index (χ2n) is 5.57. The van der Waals surface area contributed by atoms with Crippen LogP contribution in [0.2, 0.25) is 0 Å². The largest absolute Gasteiger partial charge is 0.463 e. The Morgan fingerprint density at radius 1 is 1.33 bits per heavy atom. The van der Waals surface area contributed by atoms with E-state index in [0.717, 1.165) is 0 Å². The van der Waals surface area contributed by atoms with Crippen LogP contribution in [0.15, 0.2) is 12.5 Å². The molecule has 0 saturated heterocycles. The lowest BCUT2D eigenvalue weighted by Crippen LogP contribution is -2.24. The molecule has 21 heavy (non-hydrogen) atoms. The zero-order valence-corrected chi connectivity index (χ0v) is 12.4. The number of ether oxygens (including phenoxy) is 2. The summed E-state index contributed by atoms with van der Waals surface area (Å²) in [4.78, 5) is 23.6. The van der Waals surface area contributed by atoms with Crippen molar-refractivity contribution < 1.29 is 14.3 Å². The van der Waals surface area contributed by atoms with Gasteiger partial charge in [-0.1, -0.05) is 0 Å². The lowest BCUT2D eigenvalue weighted by atomic mass is 9.97. The first-order valence-electron chi connectivity index (χ1n) is 6.56. The lowest BCUT2D eigenvalue weighted by molar-refractivity contribution is -0.154. The van der Waals surface area contributed by atoms with Crippen molar-refractivity contribution >= 4 is 23.1 Å². The van der Waals surface area contributed by atoms with E-state index in [4.69, 9.17) is 15.2 Å². The van der Waals surface area contributed by atoms with Crippen LogP contribution in [-0.2, 0) is 21.0 Å². The number of esters is 1. The summed E-state index contributed by atoms with van der Waals surface area (Å²) in [6, 6.07) is 0. The average Bonchev–Trinajstić information content (AvgIpc) is 2.79. The Morgan fingerprint density at radius 2 is 2.10 bits per heavy atom. The molecule has 2 N–H and O–H groups in total. The molecule has 8 nitrogen and oxygen atoms in total. The van der Waals surface area contributed by atoms with Crippen LogP contribution in [0.1, 0.15) is 20.8 Å². The smallest absolute Gasteiger partial charge is 0.311 e. The summed E-state index contributed by atoms with van der Waals surface area (Å²) in [6.07, 6.45) is 3.15. The van der Waals surface area contributed by atoms with Gasteiger partial charge in [-0.25, -0.2) is 9.97 Å². The second-order valence-corrected chi connectivity index (χ2v) is 5.57. The average molecular weight is 293 g/mol. The van der Waals surface area contributed by atoms with Crippen LogP contribution in [0.3, 0.4) is 0 Å². The molecule has 0 fully saturated rings. The molecular weight excluding hydrogens is 274 g/mol. The van der Waals surface area contributed by atoms with Gasteiger partial charge in [-0.3, -0.25) is 9.36 Å². The predicted octanol–water partition coefficient (Wildman–Crippen LogP) is 0.972. The van der Waals surface area contributed by atoms with E-state index in [2.05, 4.69) is 15.0 Å². The summed E-state index contributed by atoms with van der Waals surface area (Å²) in [5.41, 5.74) is 6.29. The summed E-state index contributed by atoms with van der Waals surface area (Å²) in [6.45, 7) is 6.16. The van der Waals surface area contributed by atoms with E-state index < -0.39 is 5.41 Å². The first-order chi connectivity index (χ1) is 9.88. The van der Waals surface area contributed by atoms with Crippen molar-refractivity contribution in [2.75, 3.05) is 18.9 Å². The molecule has 2 heterocycles. The van der Waals surface area contributed by atoms with Gasteiger partial charge in [0.15, 0.2) is 5.65 Å². The maximum Gasteiger partial charge on any atom is 0.311 e. The Bertz CT molecular complexity index is 632. The summed E-state index contributed by atoms with van der Waals surface area (Å²) in [7, 11) is 0. The number of nitrogen functional groups attached to an aromatic ring is 1. The van der Waals surface area contributed by atoms with Gasteiger partial charge in [0.05, 0.1) is 24.5 Å². The Hall–Kier alpha value is -2.22. The highest BCUT2D eigenvalue weighted by atomic mass is 16.6. The lowest BCUT2D eigenvalue weighted by Gasteiger charge is -2.16. The molecule has 114 valence electrons. The predicted molar refractivity (Wildman–Crippen MR) is 76.1 cm³/mol. The van der Waals surface area contributed by atoms with E-state index in [-0.39, 0.29) is 25.3 Å². The first-order valence-corrected chi connectivity index (χ1v) is 6.56. The van der Waals surface area contributed by atoms with Gasteiger partial charge in [-0.15, -0.1) is 0 Å². The number of hydrogen-bond donors (Lipinski definition) is 1. The number of carbonyl (C=O) groups excluding carboxylic acids is 1. The second kappa shape index (κ2) is 6.04. The number of anilines is 1. The Morgan fingerprint density at radius 3 is 2.81 bits per heavy atom. The third-order valence-corrected chi connectivity index (χ3v) is 2.68. The van der Waals surface area contributed by atoms with Crippen molar-refractivity contribution in [2.45, 2.75) is 27.5 Å². The summed E-state index contributed by atoms with van der Waals surface area (Å²) < 4.78 is 12.2. The molecule has 2 rings (SSSR count). The highest BCUT2D eigenvalue weighted by Gasteiger charge is 2.22. The van der Waals surface area contributed by atoms with Crippen LogP contribution < -0.4 is 5.73 Å². The van der Waals surface area contributed by atoms with Crippen LogP contribution in [0.4, 0.5) is 5.95 Å². The molecule has 0 unspecified atom stereocenters. The van der Waals surface area contributed by atoms with Crippen molar-refractivity contribution in [3.8, 4) is 0 Å². The number of fused-ring (bicyclic) bond motifs is 1. The molecule has 8 heteroatoms. The zero-order chi connectivity index (χ0) is 15.5. The van der Waals surface area contributed by atoms with Gasteiger partial charge in [-0.2, -0.15) is 4.98 Å². The van der Waals surface area contributed by atoms with Gasteiger partial charge in [0, 0.05) is 0 Å². The first kappa shape index (κ1) is 15.2. The molecule has 0 aliphatic rings. The Labute approximate surface area is 122 Å². The fourth-order valence-corrected chi connectivity index (χ4v) is 1.54. The molecule has 0 saturated carbocycles. The molecule has 0 aliphatic heterocycles. The number of carbonyl (C=O) groups is 1. The summed E-state index contributed by atoms with van der Waals surface area (Å²) in [5, 5.41) is 0. The van der Waals surface area contributed by atoms with Crippen LogP contribution in [0.5, 0.6) is 0 Å². The Kier molecular flexibility index (Phi) is 4.37. The number of hydrogen-bond acceptors (Lipinski definition) is 7.